The van der Waals surface area contributed by atoms with E-state index >= 15 is 0 Å². The van der Waals surface area contributed by atoms with Gasteiger partial charge in [0.25, 0.3) is 0 Å². The van der Waals surface area contributed by atoms with Crippen molar-refractivity contribution in [3.8, 4) is 0 Å². The highest BCUT2D eigenvalue weighted by atomic mass is 16.4. The van der Waals surface area contributed by atoms with E-state index in [4.69, 9.17) is 14.4 Å². The summed E-state index contributed by atoms with van der Waals surface area (Å²) in [6, 6.07) is 4.02. The number of allylic oxidation sites excluding steroid dienone is 4. The van der Waals surface area contributed by atoms with Gasteiger partial charge in [0, 0.05) is 23.3 Å². The van der Waals surface area contributed by atoms with Crippen LogP contribution < -0.4 is 16.0 Å². The third-order valence-corrected chi connectivity index (χ3v) is 6.77. The average Bonchev–Trinajstić information content (AvgIpc) is 3.58. The number of Topliss-reactive ketones (excluding diaryl/α,β-unsaturated/α-hetero) is 1. The molecule has 2 aromatic rings. The van der Waals surface area contributed by atoms with Crippen molar-refractivity contribution in [1.82, 2.24) is 15.3 Å². The van der Waals surface area contributed by atoms with Crippen LogP contribution in [0.1, 0.15) is 32.4 Å². The van der Waals surface area contributed by atoms with Gasteiger partial charge in [0.1, 0.15) is 5.54 Å². The van der Waals surface area contributed by atoms with Gasteiger partial charge >= 0.3 is 0 Å². The molecule has 7 heteroatoms. The predicted molar refractivity (Wildman–Crippen MR) is 132 cm³/mol. The van der Waals surface area contributed by atoms with Crippen molar-refractivity contribution in [1.29, 1.82) is 0 Å². The van der Waals surface area contributed by atoms with Crippen molar-refractivity contribution >= 4 is 29.4 Å². The number of H-pyrrole nitrogens is 1. The van der Waals surface area contributed by atoms with Crippen LogP contribution in [0.25, 0.3) is 12.2 Å². The highest BCUT2D eigenvalue weighted by Gasteiger charge is 2.52. The van der Waals surface area contributed by atoms with E-state index in [9.17, 15) is 4.79 Å². The molecule has 2 N–H and O–H groups in total. The molecule has 0 saturated carbocycles. The monoisotopic (exact) mass is 451 g/mol. The Bertz CT molecular complexity index is 1560. The minimum absolute atomic E-state index is 0.0688. The van der Waals surface area contributed by atoms with Gasteiger partial charge in [0.15, 0.2) is 23.0 Å². The van der Waals surface area contributed by atoms with E-state index < -0.39 is 16.5 Å². The molecule has 0 aliphatic carbocycles. The number of aromatic nitrogens is 2. The summed E-state index contributed by atoms with van der Waals surface area (Å²) in [5.74, 6) is 1.23. The molecule has 170 valence electrons. The molecule has 34 heavy (non-hydrogen) atoms. The molecule has 4 aliphatic heterocycles. The van der Waals surface area contributed by atoms with Crippen LogP contribution in [-0.4, -0.2) is 32.7 Å². The SMILES string of the molecule is Cc1ncc(C23C=CC(=N2)C=c2ccc([nH]2)=CC2=NC(=CC4(C)NC(=C3)C(C)(C)C4=O)C=C2)o1. The van der Waals surface area contributed by atoms with Gasteiger partial charge in [-0.3, -0.25) is 9.79 Å². The molecule has 1 saturated heterocycles. The Hall–Kier alpha value is -4.00. The standard InChI is InChI=1S/C27H25N5O2/c1-16-28-15-23(34-16)27-10-9-20(31-27)12-19-6-5-17(29-19)11-18-7-8-21(30-18)13-26(4)24(33)25(2,3)22(14-27)32-26/h5-15,29,32H,1-4H3. The number of hydrogen-bond acceptors (Lipinski definition) is 6. The van der Waals surface area contributed by atoms with Gasteiger partial charge < -0.3 is 14.7 Å². The first kappa shape index (κ1) is 20.6. The smallest absolute Gasteiger partial charge is 0.191 e. The number of aryl methyl sites for hydroxylation is 1. The fourth-order valence-electron chi connectivity index (χ4n) is 4.99. The number of oxazole rings is 1. The summed E-state index contributed by atoms with van der Waals surface area (Å²) in [4.78, 5) is 31.1. The summed E-state index contributed by atoms with van der Waals surface area (Å²) >= 11 is 0. The lowest BCUT2D eigenvalue weighted by atomic mass is 9.79. The number of aliphatic imine (C=N–C) groups is 2. The van der Waals surface area contributed by atoms with Crippen LogP contribution in [-0.2, 0) is 10.3 Å². The Morgan fingerprint density at radius 2 is 1.74 bits per heavy atom. The molecule has 0 radical (unpaired) electrons. The lowest BCUT2D eigenvalue weighted by Gasteiger charge is -2.23. The second-order valence-electron chi connectivity index (χ2n) is 9.88. The molecule has 0 amide bonds. The van der Waals surface area contributed by atoms with Crippen molar-refractivity contribution in [3.63, 3.8) is 0 Å². The van der Waals surface area contributed by atoms with Gasteiger partial charge in [-0.05, 0) is 81.5 Å². The van der Waals surface area contributed by atoms with Gasteiger partial charge in [-0.15, -0.1) is 0 Å². The summed E-state index contributed by atoms with van der Waals surface area (Å²) in [7, 11) is 0. The molecule has 2 aromatic heterocycles. The predicted octanol–water partition coefficient (Wildman–Crippen LogP) is 2.53. The number of ketones is 1. The second-order valence-corrected chi connectivity index (χ2v) is 9.88. The van der Waals surface area contributed by atoms with E-state index in [0.29, 0.717) is 11.7 Å². The van der Waals surface area contributed by atoms with Gasteiger partial charge in [0.2, 0.25) is 0 Å². The molecule has 2 atom stereocenters. The maximum absolute atomic E-state index is 13.7. The van der Waals surface area contributed by atoms with Gasteiger partial charge in [-0.1, -0.05) is 0 Å². The van der Waals surface area contributed by atoms with Crippen LogP contribution in [0.3, 0.4) is 0 Å². The van der Waals surface area contributed by atoms with Gasteiger partial charge in [-0.25, -0.2) is 9.98 Å². The van der Waals surface area contributed by atoms with Crippen LogP contribution in [0, 0.1) is 12.3 Å². The Morgan fingerprint density at radius 3 is 2.47 bits per heavy atom. The second kappa shape index (κ2) is 6.76. The molecule has 6 rings (SSSR count). The lowest BCUT2D eigenvalue weighted by Crippen LogP contribution is -2.41. The largest absolute Gasteiger partial charge is 0.443 e. The number of rotatable bonds is 1. The Labute approximate surface area is 196 Å². The lowest BCUT2D eigenvalue weighted by molar-refractivity contribution is -0.126. The quantitative estimate of drug-likeness (QED) is 0.697. The zero-order valence-electron chi connectivity index (χ0n) is 19.5. The van der Waals surface area contributed by atoms with E-state index in [0.717, 1.165) is 33.5 Å². The summed E-state index contributed by atoms with van der Waals surface area (Å²) < 4.78 is 5.95. The van der Waals surface area contributed by atoms with E-state index in [1.54, 1.807) is 6.20 Å². The summed E-state index contributed by atoms with van der Waals surface area (Å²) in [5, 5.41) is 5.36. The molecular formula is C27H25N5O2. The molecule has 0 spiro atoms. The van der Waals surface area contributed by atoms with E-state index in [1.807, 2.05) is 88.4 Å². The first-order valence-corrected chi connectivity index (χ1v) is 11.3. The van der Waals surface area contributed by atoms with Gasteiger partial charge in [0.05, 0.1) is 28.7 Å². The number of hydrogen-bond donors (Lipinski definition) is 2. The number of aromatic amines is 1. The first-order valence-electron chi connectivity index (χ1n) is 11.3. The number of carbonyl (C=O) groups is 1. The third-order valence-electron chi connectivity index (χ3n) is 6.77. The Morgan fingerprint density at radius 1 is 0.971 bits per heavy atom. The van der Waals surface area contributed by atoms with Gasteiger partial charge in [-0.2, -0.15) is 0 Å². The van der Waals surface area contributed by atoms with Crippen LogP contribution in [0.4, 0.5) is 0 Å². The maximum Gasteiger partial charge on any atom is 0.191 e. The number of fused-ring (bicyclic) bond motifs is 6. The zero-order chi connectivity index (χ0) is 23.7. The fourth-order valence-corrected chi connectivity index (χ4v) is 4.99. The minimum Gasteiger partial charge on any atom is -0.443 e. The highest BCUT2D eigenvalue weighted by Crippen LogP contribution is 2.44. The summed E-state index contributed by atoms with van der Waals surface area (Å²) in [6.07, 6.45) is 17.4. The number of nitrogens with zero attached hydrogens (tertiary/aromatic N) is 3. The van der Waals surface area contributed by atoms with Crippen molar-refractivity contribution < 1.29 is 9.21 Å². The topological polar surface area (TPSA) is 95.6 Å². The molecule has 6 heterocycles. The van der Waals surface area contributed by atoms with E-state index in [-0.39, 0.29) is 5.78 Å². The van der Waals surface area contributed by atoms with Crippen LogP contribution in [0.2, 0.25) is 0 Å². The Kier molecular flexibility index (Phi) is 4.09. The van der Waals surface area contributed by atoms with Crippen molar-refractivity contribution in [2.75, 3.05) is 0 Å². The van der Waals surface area contributed by atoms with E-state index in [2.05, 4.69) is 15.3 Å². The summed E-state index contributed by atoms with van der Waals surface area (Å²) in [5.41, 5.74) is 0.566. The van der Waals surface area contributed by atoms with Crippen molar-refractivity contribution in [2.24, 2.45) is 15.4 Å². The molecule has 2 unspecified atom stereocenters. The molecule has 4 aliphatic rings. The number of nitrogens with one attached hydrogen (secondary N) is 2. The van der Waals surface area contributed by atoms with Crippen LogP contribution >= 0.6 is 0 Å². The van der Waals surface area contributed by atoms with Crippen LogP contribution in [0.5, 0.6) is 0 Å². The third kappa shape index (κ3) is 3.11. The summed E-state index contributed by atoms with van der Waals surface area (Å²) in [6.45, 7) is 7.58. The van der Waals surface area contributed by atoms with Crippen molar-refractivity contribution in [2.45, 2.75) is 38.8 Å². The fraction of sp³-hybridized carbons (Fsp3) is 0.259. The first-order chi connectivity index (χ1) is 16.2. The minimum atomic E-state index is -0.914. The molecular weight excluding hydrogens is 426 g/mol. The van der Waals surface area contributed by atoms with E-state index in [1.165, 1.54) is 0 Å². The van der Waals surface area contributed by atoms with Crippen LogP contribution in [0.15, 0.2) is 80.6 Å². The molecule has 0 aromatic carbocycles. The molecule has 1 fully saturated rings. The average molecular weight is 452 g/mol. The molecule has 7 nitrogen and oxygen atoms in total. The Balaban J connectivity index is 1.63. The molecule has 8 bridgehead atoms. The zero-order valence-corrected chi connectivity index (χ0v) is 19.5. The highest BCUT2D eigenvalue weighted by molar-refractivity contribution is 6.20. The number of carbonyl (C=O) groups excluding carboxylic acids is 1. The van der Waals surface area contributed by atoms with Crippen molar-refractivity contribution in [3.05, 3.63) is 88.5 Å². The maximum atomic E-state index is 13.7. The normalized spacial score (nSPS) is 28.5.